The minimum atomic E-state index is -0.530. The van der Waals surface area contributed by atoms with E-state index in [0.717, 1.165) is 5.56 Å². The number of hydrogen-bond donors (Lipinski definition) is 1. The first-order chi connectivity index (χ1) is 13.5. The van der Waals surface area contributed by atoms with Crippen LogP contribution in [-0.4, -0.2) is 18.1 Å². The van der Waals surface area contributed by atoms with Gasteiger partial charge in [0, 0.05) is 22.9 Å². The number of amides is 1. The number of hydrogen-bond acceptors (Lipinski definition) is 3. The minimum absolute atomic E-state index is 0.0328. The van der Waals surface area contributed by atoms with Gasteiger partial charge in [0.1, 0.15) is 23.7 Å². The molecular formula is C23H24ClFN2O2. The maximum atomic E-state index is 14.2. The molecule has 0 radical (unpaired) electrons. The van der Waals surface area contributed by atoms with Crippen LogP contribution in [0.3, 0.4) is 0 Å². The zero-order valence-corrected chi connectivity index (χ0v) is 17.9. The molecule has 0 spiro atoms. The van der Waals surface area contributed by atoms with E-state index in [4.69, 9.17) is 21.6 Å². The van der Waals surface area contributed by atoms with Gasteiger partial charge in [-0.3, -0.25) is 4.79 Å². The lowest BCUT2D eigenvalue weighted by Crippen LogP contribution is -2.74. The van der Waals surface area contributed by atoms with Crippen LogP contribution in [0.5, 0.6) is 5.75 Å². The Hall–Kier alpha value is -2.58. The average Bonchev–Trinajstić information content (AvgIpc) is 2.63. The SMILES string of the molecule is Cc1ccc(C(=O)NC2C(C)(C)C(Oc3ccc(C#N)c(Cl)c3)C2(C)C)c(F)c1. The fourth-order valence-corrected chi connectivity index (χ4v) is 4.82. The normalized spacial score (nSPS) is 21.6. The van der Waals surface area contributed by atoms with Crippen molar-refractivity contribution >= 4 is 17.5 Å². The van der Waals surface area contributed by atoms with Gasteiger partial charge in [0.25, 0.3) is 5.91 Å². The van der Waals surface area contributed by atoms with E-state index in [2.05, 4.69) is 5.32 Å². The van der Waals surface area contributed by atoms with Crippen LogP contribution in [0, 0.1) is 34.9 Å². The summed E-state index contributed by atoms with van der Waals surface area (Å²) in [5, 5.41) is 12.3. The summed E-state index contributed by atoms with van der Waals surface area (Å²) in [6.07, 6.45) is -0.216. The Balaban J connectivity index is 1.78. The average molecular weight is 415 g/mol. The van der Waals surface area contributed by atoms with Crippen LogP contribution in [0.1, 0.15) is 49.2 Å². The van der Waals surface area contributed by atoms with Crippen LogP contribution in [0.15, 0.2) is 36.4 Å². The number of nitriles is 1. The zero-order chi connectivity index (χ0) is 21.6. The third-order valence-electron chi connectivity index (χ3n) is 5.80. The molecule has 2 aromatic rings. The van der Waals surface area contributed by atoms with Crippen LogP contribution >= 0.6 is 11.6 Å². The third kappa shape index (κ3) is 3.70. The van der Waals surface area contributed by atoms with Crippen molar-refractivity contribution in [2.24, 2.45) is 10.8 Å². The highest BCUT2D eigenvalue weighted by Crippen LogP contribution is 2.55. The molecule has 1 fully saturated rings. The number of halogens is 2. The quantitative estimate of drug-likeness (QED) is 0.741. The van der Waals surface area contributed by atoms with E-state index < -0.39 is 22.6 Å². The lowest BCUT2D eigenvalue weighted by molar-refractivity contribution is -0.164. The summed E-state index contributed by atoms with van der Waals surface area (Å²) in [4.78, 5) is 12.7. The topological polar surface area (TPSA) is 62.1 Å². The molecule has 29 heavy (non-hydrogen) atoms. The second kappa shape index (κ2) is 7.35. The van der Waals surface area contributed by atoms with E-state index in [1.165, 1.54) is 12.1 Å². The van der Waals surface area contributed by atoms with Crippen LogP contribution in [0.2, 0.25) is 5.02 Å². The summed E-state index contributed by atoms with van der Waals surface area (Å²) in [5.41, 5.74) is 0.376. The maximum Gasteiger partial charge on any atom is 0.254 e. The summed E-state index contributed by atoms with van der Waals surface area (Å²) in [7, 11) is 0. The molecule has 152 valence electrons. The molecule has 2 aromatic carbocycles. The molecule has 4 nitrogen and oxygen atoms in total. The maximum absolute atomic E-state index is 14.2. The summed E-state index contributed by atoms with van der Waals surface area (Å²) >= 11 is 6.11. The van der Waals surface area contributed by atoms with Gasteiger partial charge in [0.15, 0.2) is 0 Å². The standard InChI is InChI=1S/C23H24ClFN2O2/c1-13-6-9-16(18(25)10-13)19(28)27-20-22(2,3)21(23(20,4)5)29-15-8-7-14(12-26)17(24)11-15/h6-11,20-21H,1-5H3,(H,27,28). The summed E-state index contributed by atoms with van der Waals surface area (Å²) in [5.74, 6) is -0.402. The van der Waals surface area contributed by atoms with Crippen molar-refractivity contribution in [3.63, 3.8) is 0 Å². The molecule has 0 bridgehead atoms. The Morgan fingerprint density at radius 3 is 2.38 bits per heavy atom. The molecule has 1 saturated carbocycles. The van der Waals surface area contributed by atoms with Crippen LogP contribution in [0.4, 0.5) is 4.39 Å². The molecule has 0 heterocycles. The number of aryl methyl sites for hydroxylation is 1. The molecule has 0 aliphatic heterocycles. The van der Waals surface area contributed by atoms with E-state index in [1.54, 1.807) is 31.2 Å². The number of benzene rings is 2. The Morgan fingerprint density at radius 2 is 1.83 bits per heavy atom. The fourth-order valence-electron chi connectivity index (χ4n) is 4.61. The first-order valence-corrected chi connectivity index (χ1v) is 9.79. The van der Waals surface area contributed by atoms with Gasteiger partial charge in [-0.2, -0.15) is 5.26 Å². The number of nitrogens with zero attached hydrogens (tertiary/aromatic N) is 1. The number of nitrogens with one attached hydrogen (secondary N) is 1. The summed E-state index contributed by atoms with van der Waals surface area (Å²) in [6, 6.07) is 11.3. The lowest BCUT2D eigenvalue weighted by Gasteiger charge is -2.63. The predicted octanol–water partition coefficient (Wildman–Crippen LogP) is 5.27. The smallest absolute Gasteiger partial charge is 0.254 e. The van der Waals surface area contributed by atoms with Crippen LogP contribution in [0.25, 0.3) is 0 Å². The largest absolute Gasteiger partial charge is 0.489 e. The highest BCUT2D eigenvalue weighted by atomic mass is 35.5. The van der Waals surface area contributed by atoms with Crippen molar-refractivity contribution < 1.29 is 13.9 Å². The van der Waals surface area contributed by atoms with E-state index in [-0.39, 0.29) is 17.7 Å². The van der Waals surface area contributed by atoms with E-state index in [0.29, 0.717) is 16.3 Å². The molecular weight excluding hydrogens is 391 g/mol. The Bertz CT molecular complexity index is 994. The van der Waals surface area contributed by atoms with Crippen LogP contribution in [-0.2, 0) is 0 Å². The van der Waals surface area contributed by atoms with Crippen molar-refractivity contribution in [1.29, 1.82) is 5.26 Å². The molecule has 0 unspecified atom stereocenters. The monoisotopic (exact) mass is 414 g/mol. The van der Waals surface area contributed by atoms with Gasteiger partial charge in [0.2, 0.25) is 0 Å². The number of ether oxygens (including phenoxy) is 1. The first kappa shape index (κ1) is 21.1. The second-order valence-electron chi connectivity index (χ2n) is 8.78. The van der Waals surface area contributed by atoms with Gasteiger partial charge < -0.3 is 10.1 Å². The van der Waals surface area contributed by atoms with Gasteiger partial charge in [-0.1, -0.05) is 45.4 Å². The second-order valence-corrected chi connectivity index (χ2v) is 9.19. The Labute approximate surface area is 175 Å². The zero-order valence-electron chi connectivity index (χ0n) is 17.1. The first-order valence-electron chi connectivity index (χ1n) is 9.41. The van der Waals surface area contributed by atoms with Crippen molar-refractivity contribution in [2.45, 2.75) is 46.8 Å². The highest BCUT2D eigenvalue weighted by Gasteiger charge is 2.64. The molecule has 3 rings (SSSR count). The molecule has 1 amide bonds. The van der Waals surface area contributed by atoms with Crippen molar-refractivity contribution in [3.8, 4) is 11.8 Å². The van der Waals surface area contributed by atoms with Gasteiger partial charge in [-0.05, 0) is 36.8 Å². The van der Waals surface area contributed by atoms with Gasteiger partial charge in [-0.25, -0.2) is 4.39 Å². The van der Waals surface area contributed by atoms with E-state index >= 15 is 0 Å². The molecule has 1 N–H and O–H groups in total. The molecule has 0 aromatic heterocycles. The van der Waals surface area contributed by atoms with E-state index in [1.807, 2.05) is 33.8 Å². The number of carbonyl (C=O) groups is 1. The van der Waals surface area contributed by atoms with Crippen molar-refractivity contribution in [1.82, 2.24) is 5.32 Å². The molecule has 6 heteroatoms. The number of carbonyl (C=O) groups excluding carboxylic acids is 1. The molecule has 0 atom stereocenters. The summed E-state index contributed by atoms with van der Waals surface area (Å²) < 4.78 is 20.4. The highest BCUT2D eigenvalue weighted by molar-refractivity contribution is 6.31. The Kier molecular flexibility index (Phi) is 5.36. The molecule has 1 aliphatic rings. The molecule has 1 aliphatic carbocycles. The third-order valence-corrected chi connectivity index (χ3v) is 6.11. The van der Waals surface area contributed by atoms with Gasteiger partial charge in [-0.15, -0.1) is 0 Å². The fraction of sp³-hybridized carbons (Fsp3) is 0.391. The van der Waals surface area contributed by atoms with E-state index in [9.17, 15) is 9.18 Å². The van der Waals surface area contributed by atoms with Crippen molar-refractivity contribution in [2.75, 3.05) is 0 Å². The predicted molar refractivity (Wildman–Crippen MR) is 111 cm³/mol. The van der Waals surface area contributed by atoms with Crippen LogP contribution < -0.4 is 10.1 Å². The summed E-state index contributed by atoms with van der Waals surface area (Å²) in [6.45, 7) is 9.80. The number of rotatable bonds is 4. The minimum Gasteiger partial charge on any atom is -0.489 e. The lowest BCUT2D eigenvalue weighted by atomic mass is 9.49. The Morgan fingerprint density at radius 1 is 1.17 bits per heavy atom. The van der Waals surface area contributed by atoms with Crippen molar-refractivity contribution in [3.05, 3.63) is 63.9 Å². The molecule has 0 saturated heterocycles. The van der Waals surface area contributed by atoms with Gasteiger partial charge >= 0.3 is 0 Å². The van der Waals surface area contributed by atoms with Gasteiger partial charge in [0.05, 0.1) is 16.1 Å².